The highest BCUT2D eigenvalue weighted by Gasteiger charge is 2.36. The summed E-state index contributed by atoms with van der Waals surface area (Å²) in [5.41, 5.74) is 0. The fourth-order valence-corrected chi connectivity index (χ4v) is 1.23. The Morgan fingerprint density at radius 3 is 2.06 bits per heavy atom. The Morgan fingerprint density at radius 1 is 1.12 bits per heavy atom. The van der Waals surface area contributed by atoms with Crippen molar-refractivity contribution in [2.24, 2.45) is 5.92 Å². The van der Waals surface area contributed by atoms with E-state index in [0.29, 0.717) is 6.42 Å². The minimum absolute atomic E-state index is 0.0941. The van der Waals surface area contributed by atoms with E-state index in [-0.39, 0.29) is 6.61 Å². The van der Waals surface area contributed by atoms with E-state index in [9.17, 15) is 14.4 Å². The number of carbonyl (C=O) groups is 3. The summed E-state index contributed by atoms with van der Waals surface area (Å²) in [6.45, 7) is 1.96. The highest BCUT2D eigenvalue weighted by atomic mass is 16.5. The summed E-state index contributed by atoms with van der Waals surface area (Å²) in [4.78, 5) is 32.1. The van der Waals surface area contributed by atoms with Crippen molar-refractivity contribution in [2.75, 3.05) is 6.61 Å². The van der Waals surface area contributed by atoms with Crippen molar-refractivity contribution in [1.29, 1.82) is 0 Å². The molecular weight excluding hydrogens is 232 g/mol. The van der Waals surface area contributed by atoms with Crippen LogP contribution < -0.4 is 0 Å². The van der Waals surface area contributed by atoms with Crippen molar-refractivity contribution in [2.45, 2.75) is 32.3 Å². The van der Waals surface area contributed by atoms with Gasteiger partial charge in [0.15, 0.2) is 6.10 Å². The molecule has 0 aromatic carbocycles. The quantitative estimate of drug-likeness (QED) is 0.506. The first-order valence-corrected chi connectivity index (χ1v) is 5.19. The summed E-state index contributed by atoms with van der Waals surface area (Å²) < 4.78 is 4.92. The van der Waals surface area contributed by atoms with Gasteiger partial charge in [-0.15, -0.1) is 0 Å². The lowest BCUT2D eigenvalue weighted by Gasteiger charge is -2.19. The Kier molecular flexibility index (Phi) is 6.88. The zero-order valence-electron chi connectivity index (χ0n) is 9.46. The average molecular weight is 248 g/mol. The fraction of sp³-hybridized carbons (Fsp3) is 0.700. The molecule has 17 heavy (non-hydrogen) atoms. The van der Waals surface area contributed by atoms with Crippen LogP contribution in [0.1, 0.15) is 26.2 Å². The van der Waals surface area contributed by atoms with Gasteiger partial charge in [-0.3, -0.25) is 9.59 Å². The van der Waals surface area contributed by atoms with Crippen molar-refractivity contribution in [3.8, 4) is 0 Å². The molecule has 0 aliphatic rings. The minimum atomic E-state index is -1.63. The van der Waals surface area contributed by atoms with Crippen molar-refractivity contribution < 1.29 is 34.4 Å². The third-order valence-electron chi connectivity index (χ3n) is 2.12. The molecule has 0 fully saturated rings. The molecule has 0 saturated carbocycles. The first-order chi connectivity index (χ1) is 7.90. The lowest BCUT2D eigenvalue weighted by Crippen LogP contribution is -2.38. The van der Waals surface area contributed by atoms with E-state index in [0.717, 1.165) is 6.42 Å². The summed E-state index contributed by atoms with van der Waals surface area (Å²) >= 11 is 0. The molecule has 7 heteroatoms. The SMILES string of the molecule is CCCCOC(C(=O)O)C(CC(=O)O)C(=O)O. The molecule has 0 aliphatic heterocycles. The van der Waals surface area contributed by atoms with E-state index in [1.54, 1.807) is 0 Å². The van der Waals surface area contributed by atoms with Crippen molar-refractivity contribution in [3.05, 3.63) is 0 Å². The minimum Gasteiger partial charge on any atom is -0.481 e. The highest BCUT2D eigenvalue weighted by Crippen LogP contribution is 2.14. The number of unbranched alkanes of at least 4 members (excludes halogenated alkanes) is 1. The zero-order chi connectivity index (χ0) is 13.4. The summed E-state index contributed by atoms with van der Waals surface area (Å²) in [7, 11) is 0. The van der Waals surface area contributed by atoms with Gasteiger partial charge in [0, 0.05) is 6.61 Å². The second kappa shape index (κ2) is 7.61. The van der Waals surface area contributed by atoms with E-state index in [1.165, 1.54) is 0 Å². The van der Waals surface area contributed by atoms with Crippen LogP contribution in [0.3, 0.4) is 0 Å². The van der Waals surface area contributed by atoms with Crippen LogP contribution in [-0.2, 0) is 19.1 Å². The molecule has 0 rings (SSSR count). The summed E-state index contributed by atoms with van der Waals surface area (Å²) in [6, 6.07) is 0. The molecule has 0 radical (unpaired) electrons. The van der Waals surface area contributed by atoms with Gasteiger partial charge in [0.05, 0.1) is 6.42 Å². The van der Waals surface area contributed by atoms with Gasteiger partial charge in [0.25, 0.3) is 0 Å². The monoisotopic (exact) mass is 248 g/mol. The van der Waals surface area contributed by atoms with Crippen molar-refractivity contribution in [3.63, 3.8) is 0 Å². The van der Waals surface area contributed by atoms with Crippen LogP contribution in [0, 0.1) is 5.92 Å². The summed E-state index contributed by atoms with van der Waals surface area (Å²) in [5, 5.41) is 26.1. The molecule has 0 aliphatic carbocycles. The van der Waals surface area contributed by atoms with Crippen LogP contribution in [0.15, 0.2) is 0 Å². The first kappa shape index (κ1) is 15.4. The predicted molar refractivity (Wildman–Crippen MR) is 55.7 cm³/mol. The molecule has 0 bridgehead atoms. The molecule has 2 atom stereocenters. The Balaban J connectivity index is 4.65. The third-order valence-corrected chi connectivity index (χ3v) is 2.12. The number of rotatable bonds is 9. The molecule has 0 heterocycles. The zero-order valence-corrected chi connectivity index (χ0v) is 9.46. The predicted octanol–water partition coefficient (Wildman–Crippen LogP) is 0.432. The van der Waals surface area contributed by atoms with E-state index in [1.807, 2.05) is 6.92 Å². The number of carboxylic acids is 3. The Bertz CT molecular complexity index is 286. The third kappa shape index (κ3) is 5.86. The Morgan fingerprint density at radius 2 is 1.71 bits per heavy atom. The lowest BCUT2D eigenvalue weighted by atomic mass is 9.98. The molecule has 2 unspecified atom stereocenters. The van der Waals surface area contributed by atoms with Gasteiger partial charge in [0.2, 0.25) is 0 Å². The Hall–Kier alpha value is -1.63. The van der Waals surface area contributed by atoms with Crippen LogP contribution in [0.4, 0.5) is 0 Å². The van der Waals surface area contributed by atoms with Gasteiger partial charge in [-0.25, -0.2) is 4.79 Å². The van der Waals surface area contributed by atoms with Crippen molar-refractivity contribution >= 4 is 17.9 Å². The second-order valence-corrected chi connectivity index (χ2v) is 3.53. The maximum atomic E-state index is 10.8. The molecule has 0 aromatic heterocycles. The Labute approximate surface area is 98.0 Å². The van der Waals surface area contributed by atoms with E-state index in [2.05, 4.69) is 0 Å². The van der Waals surface area contributed by atoms with Gasteiger partial charge in [-0.2, -0.15) is 0 Å². The van der Waals surface area contributed by atoms with E-state index < -0.39 is 36.4 Å². The van der Waals surface area contributed by atoms with E-state index in [4.69, 9.17) is 20.1 Å². The molecule has 0 saturated heterocycles. The maximum absolute atomic E-state index is 10.8. The molecule has 7 nitrogen and oxygen atoms in total. The summed E-state index contributed by atoms with van der Waals surface area (Å²) in [6.07, 6.45) is -1.06. The standard InChI is InChI=1S/C10H16O7/c1-2-3-4-17-8(10(15)16)6(9(13)14)5-7(11)12/h6,8H,2-5H2,1H3,(H,11,12)(H,13,14)(H,15,16). The van der Waals surface area contributed by atoms with Crippen LogP contribution in [0.2, 0.25) is 0 Å². The number of hydrogen-bond donors (Lipinski definition) is 3. The van der Waals surface area contributed by atoms with Crippen LogP contribution in [0.25, 0.3) is 0 Å². The molecule has 0 aromatic rings. The van der Waals surface area contributed by atoms with Crippen molar-refractivity contribution in [1.82, 2.24) is 0 Å². The molecule has 0 spiro atoms. The number of carboxylic acid groups (broad SMARTS) is 3. The smallest absolute Gasteiger partial charge is 0.333 e. The largest absolute Gasteiger partial charge is 0.481 e. The van der Waals surface area contributed by atoms with Crippen LogP contribution in [0.5, 0.6) is 0 Å². The molecule has 3 N–H and O–H groups in total. The average Bonchev–Trinajstić information content (AvgIpc) is 2.20. The fourth-order valence-electron chi connectivity index (χ4n) is 1.23. The molecular formula is C10H16O7. The lowest BCUT2D eigenvalue weighted by molar-refractivity contribution is -0.166. The van der Waals surface area contributed by atoms with Crippen LogP contribution in [-0.4, -0.2) is 45.9 Å². The van der Waals surface area contributed by atoms with Gasteiger partial charge in [-0.1, -0.05) is 13.3 Å². The van der Waals surface area contributed by atoms with Gasteiger partial charge >= 0.3 is 17.9 Å². The maximum Gasteiger partial charge on any atom is 0.333 e. The number of ether oxygens (including phenoxy) is 1. The van der Waals surface area contributed by atoms with Gasteiger partial charge in [0.1, 0.15) is 5.92 Å². The highest BCUT2D eigenvalue weighted by molar-refractivity contribution is 5.85. The first-order valence-electron chi connectivity index (χ1n) is 5.19. The topological polar surface area (TPSA) is 121 Å². The molecule has 0 amide bonds. The number of hydrogen-bond acceptors (Lipinski definition) is 4. The summed E-state index contributed by atoms with van der Waals surface area (Å²) in [5.74, 6) is -5.91. The molecule has 98 valence electrons. The number of aliphatic carboxylic acids is 3. The second-order valence-electron chi connectivity index (χ2n) is 3.53. The van der Waals surface area contributed by atoms with Crippen LogP contribution >= 0.6 is 0 Å². The van der Waals surface area contributed by atoms with E-state index >= 15 is 0 Å². The van der Waals surface area contributed by atoms with Gasteiger partial charge in [-0.05, 0) is 6.42 Å². The normalized spacial score (nSPS) is 13.9. The van der Waals surface area contributed by atoms with Gasteiger partial charge < -0.3 is 20.1 Å².